The molecule has 176 valence electrons. The molecule has 0 bridgehead atoms. The fourth-order valence-electron chi connectivity index (χ4n) is 4.42. The van der Waals surface area contributed by atoms with Crippen molar-refractivity contribution < 1.29 is 14.3 Å². The molecule has 1 N–H and O–H groups in total. The second kappa shape index (κ2) is 10.8. The SMILES string of the molecule is CC[C@@H]1Oc2ccc(C)cc2N(CC(=O)NCCN2CCN(Cc3ccccc3)CC2)C1=O. The summed E-state index contributed by atoms with van der Waals surface area (Å²) < 4.78 is 5.83. The summed E-state index contributed by atoms with van der Waals surface area (Å²) >= 11 is 0. The monoisotopic (exact) mass is 450 g/mol. The number of aryl methyl sites for hydroxylation is 1. The van der Waals surface area contributed by atoms with Crippen LogP contribution in [0.2, 0.25) is 0 Å². The van der Waals surface area contributed by atoms with Crippen LogP contribution >= 0.6 is 0 Å². The van der Waals surface area contributed by atoms with E-state index in [2.05, 4.69) is 39.4 Å². The summed E-state index contributed by atoms with van der Waals surface area (Å²) in [5.41, 5.74) is 3.05. The van der Waals surface area contributed by atoms with Gasteiger partial charge in [0.25, 0.3) is 5.91 Å². The van der Waals surface area contributed by atoms with E-state index >= 15 is 0 Å². The molecule has 0 unspecified atom stereocenters. The van der Waals surface area contributed by atoms with Crippen LogP contribution < -0.4 is 15.0 Å². The van der Waals surface area contributed by atoms with Gasteiger partial charge in [-0.3, -0.25) is 24.3 Å². The van der Waals surface area contributed by atoms with Crippen LogP contribution in [0.4, 0.5) is 5.69 Å². The van der Waals surface area contributed by atoms with Crippen LogP contribution in [0.3, 0.4) is 0 Å². The molecule has 2 amide bonds. The number of carbonyl (C=O) groups excluding carboxylic acids is 2. The van der Waals surface area contributed by atoms with E-state index in [4.69, 9.17) is 4.74 Å². The van der Waals surface area contributed by atoms with Crippen LogP contribution in [0, 0.1) is 6.92 Å². The lowest BCUT2D eigenvalue weighted by molar-refractivity contribution is -0.129. The molecule has 1 saturated heterocycles. The van der Waals surface area contributed by atoms with E-state index in [-0.39, 0.29) is 18.4 Å². The van der Waals surface area contributed by atoms with Gasteiger partial charge in [-0.1, -0.05) is 43.3 Å². The van der Waals surface area contributed by atoms with Gasteiger partial charge < -0.3 is 10.1 Å². The van der Waals surface area contributed by atoms with E-state index in [0.717, 1.165) is 44.8 Å². The standard InChI is InChI=1S/C26H34N4O3/c1-3-23-26(32)30(22-17-20(2)9-10-24(22)33-23)19-25(31)27-11-12-28-13-15-29(16-14-28)18-21-7-5-4-6-8-21/h4-10,17,23H,3,11-16,18-19H2,1-2H3,(H,27,31)/t23-/m0/s1. The molecule has 2 aromatic carbocycles. The Balaban J connectivity index is 1.23. The topological polar surface area (TPSA) is 65.1 Å². The maximum absolute atomic E-state index is 12.9. The van der Waals surface area contributed by atoms with Crippen molar-refractivity contribution in [2.24, 2.45) is 0 Å². The van der Waals surface area contributed by atoms with Crippen molar-refractivity contribution in [3.63, 3.8) is 0 Å². The Hall–Kier alpha value is -2.90. The number of fused-ring (bicyclic) bond motifs is 1. The van der Waals surface area contributed by atoms with Crippen LogP contribution in [0.25, 0.3) is 0 Å². The molecule has 0 aromatic heterocycles. The van der Waals surface area contributed by atoms with Crippen molar-refractivity contribution in [2.45, 2.75) is 32.9 Å². The predicted octanol–water partition coefficient (Wildman–Crippen LogP) is 2.43. The number of rotatable bonds is 8. The predicted molar refractivity (Wildman–Crippen MR) is 129 cm³/mol. The number of hydrogen-bond donors (Lipinski definition) is 1. The summed E-state index contributed by atoms with van der Waals surface area (Å²) in [6.07, 6.45) is 0.0285. The molecule has 1 fully saturated rings. The first kappa shape index (κ1) is 23.3. The lowest BCUT2D eigenvalue weighted by Crippen LogP contribution is -2.51. The van der Waals surface area contributed by atoms with E-state index in [1.54, 1.807) is 4.90 Å². The normalized spacial score (nSPS) is 19.2. The van der Waals surface area contributed by atoms with Crippen LogP contribution in [0.5, 0.6) is 5.75 Å². The summed E-state index contributed by atoms with van der Waals surface area (Å²) in [6, 6.07) is 16.3. The van der Waals surface area contributed by atoms with Gasteiger partial charge in [0.1, 0.15) is 12.3 Å². The number of ether oxygens (including phenoxy) is 1. The highest BCUT2D eigenvalue weighted by atomic mass is 16.5. The van der Waals surface area contributed by atoms with Gasteiger partial charge in [-0.05, 0) is 36.6 Å². The molecule has 0 saturated carbocycles. The summed E-state index contributed by atoms with van der Waals surface area (Å²) in [5, 5.41) is 3.00. The summed E-state index contributed by atoms with van der Waals surface area (Å²) in [6.45, 7) is 10.3. The molecule has 2 aliphatic rings. The summed E-state index contributed by atoms with van der Waals surface area (Å²) in [4.78, 5) is 31.9. The maximum atomic E-state index is 12.9. The van der Waals surface area contributed by atoms with Crippen LogP contribution in [-0.2, 0) is 16.1 Å². The van der Waals surface area contributed by atoms with Gasteiger partial charge in [-0.15, -0.1) is 0 Å². The first-order valence-electron chi connectivity index (χ1n) is 11.9. The second-order valence-corrected chi connectivity index (χ2v) is 8.86. The summed E-state index contributed by atoms with van der Waals surface area (Å²) in [7, 11) is 0. The highest BCUT2D eigenvalue weighted by Crippen LogP contribution is 2.35. The fraction of sp³-hybridized carbons (Fsp3) is 0.462. The van der Waals surface area contributed by atoms with Crippen molar-refractivity contribution in [1.29, 1.82) is 0 Å². The van der Waals surface area contributed by atoms with Gasteiger partial charge in [-0.2, -0.15) is 0 Å². The molecule has 0 spiro atoms. The number of benzene rings is 2. The number of piperazine rings is 1. The molecule has 7 heteroatoms. The first-order chi connectivity index (χ1) is 16.0. The van der Waals surface area contributed by atoms with Gasteiger partial charge in [-0.25, -0.2) is 0 Å². The Kier molecular flexibility index (Phi) is 7.62. The molecule has 33 heavy (non-hydrogen) atoms. The number of carbonyl (C=O) groups is 2. The zero-order valence-corrected chi connectivity index (χ0v) is 19.6. The Morgan fingerprint density at radius 3 is 2.52 bits per heavy atom. The number of hydrogen-bond acceptors (Lipinski definition) is 5. The average Bonchev–Trinajstić information content (AvgIpc) is 2.83. The van der Waals surface area contributed by atoms with Crippen molar-refractivity contribution in [1.82, 2.24) is 15.1 Å². The Morgan fingerprint density at radius 2 is 1.79 bits per heavy atom. The van der Waals surface area contributed by atoms with E-state index < -0.39 is 6.10 Å². The molecule has 2 aliphatic heterocycles. The molecule has 2 heterocycles. The van der Waals surface area contributed by atoms with Crippen LogP contribution in [0.1, 0.15) is 24.5 Å². The van der Waals surface area contributed by atoms with E-state index in [1.807, 2.05) is 38.1 Å². The smallest absolute Gasteiger partial charge is 0.268 e. The van der Waals surface area contributed by atoms with Crippen LogP contribution in [-0.4, -0.2) is 73.5 Å². The van der Waals surface area contributed by atoms with E-state index in [1.165, 1.54) is 5.56 Å². The fourth-order valence-corrected chi connectivity index (χ4v) is 4.42. The molecule has 7 nitrogen and oxygen atoms in total. The molecular weight excluding hydrogens is 416 g/mol. The van der Waals surface area contributed by atoms with Gasteiger partial charge in [0.15, 0.2) is 6.10 Å². The average molecular weight is 451 g/mol. The number of anilines is 1. The first-order valence-corrected chi connectivity index (χ1v) is 11.9. The van der Waals surface area contributed by atoms with Gasteiger partial charge >= 0.3 is 0 Å². The van der Waals surface area contributed by atoms with Gasteiger partial charge in [0.2, 0.25) is 5.91 Å². The zero-order valence-electron chi connectivity index (χ0n) is 19.6. The lowest BCUT2D eigenvalue weighted by atomic mass is 10.1. The quantitative estimate of drug-likeness (QED) is 0.669. The van der Waals surface area contributed by atoms with Crippen molar-refractivity contribution in [3.05, 3.63) is 59.7 Å². The van der Waals surface area contributed by atoms with Crippen molar-refractivity contribution in [2.75, 3.05) is 50.7 Å². The molecule has 0 aliphatic carbocycles. The highest BCUT2D eigenvalue weighted by Gasteiger charge is 2.34. The number of nitrogens with one attached hydrogen (secondary N) is 1. The minimum atomic E-state index is -0.541. The third-order valence-corrected chi connectivity index (χ3v) is 6.35. The minimum Gasteiger partial charge on any atom is -0.478 e. The molecule has 4 rings (SSSR count). The lowest BCUT2D eigenvalue weighted by Gasteiger charge is -2.35. The van der Waals surface area contributed by atoms with Crippen LogP contribution in [0.15, 0.2) is 48.5 Å². The summed E-state index contributed by atoms with van der Waals surface area (Å²) in [5.74, 6) is 0.365. The second-order valence-electron chi connectivity index (χ2n) is 8.86. The Bertz CT molecular complexity index is 957. The minimum absolute atomic E-state index is 0.0139. The van der Waals surface area contributed by atoms with Gasteiger partial charge in [0.05, 0.1) is 5.69 Å². The van der Waals surface area contributed by atoms with Gasteiger partial charge in [0, 0.05) is 45.8 Å². The van der Waals surface area contributed by atoms with E-state index in [0.29, 0.717) is 24.4 Å². The Morgan fingerprint density at radius 1 is 1.06 bits per heavy atom. The van der Waals surface area contributed by atoms with E-state index in [9.17, 15) is 9.59 Å². The maximum Gasteiger partial charge on any atom is 0.268 e. The van der Waals surface area contributed by atoms with Crippen molar-refractivity contribution in [3.8, 4) is 5.75 Å². The molecule has 0 radical (unpaired) electrons. The zero-order chi connectivity index (χ0) is 23.2. The highest BCUT2D eigenvalue weighted by molar-refractivity contribution is 6.03. The third-order valence-electron chi connectivity index (χ3n) is 6.35. The molecule has 2 aromatic rings. The number of nitrogens with zero attached hydrogens (tertiary/aromatic N) is 3. The Labute approximate surface area is 196 Å². The van der Waals surface area contributed by atoms with Crippen molar-refractivity contribution >= 4 is 17.5 Å². The largest absolute Gasteiger partial charge is 0.478 e. The molecule has 1 atom stereocenters. The third kappa shape index (κ3) is 5.92. The number of amides is 2. The molecular formula is C26H34N4O3.